The zero-order chi connectivity index (χ0) is 10.1. The van der Waals surface area contributed by atoms with Gasteiger partial charge in [-0.3, -0.25) is 4.68 Å². The quantitative estimate of drug-likeness (QED) is 0.614. The van der Waals surface area contributed by atoms with Gasteiger partial charge in [0.2, 0.25) is 0 Å². The van der Waals surface area contributed by atoms with Crippen molar-refractivity contribution >= 4 is 12.6 Å². The lowest BCUT2D eigenvalue weighted by molar-refractivity contribution is 0.000604. The van der Waals surface area contributed by atoms with Gasteiger partial charge in [-0.15, -0.1) is 0 Å². The smallest absolute Gasteiger partial charge is 0.423 e. The van der Waals surface area contributed by atoms with Crippen LogP contribution >= 0.6 is 0 Å². The van der Waals surface area contributed by atoms with Crippen LogP contribution in [-0.2, 0) is 6.54 Å². The van der Waals surface area contributed by atoms with Crippen molar-refractivity contribution in [3.8, 4) is 0 Å². The molecule has 2 N–H and O–H groups in total. The Kier molecular flexibility index (Phi) is 2.67. The van der Waals surface area contributed by atoms with Crippen LogP contribution in [0.1, 0.15) is 6.92 Å². The lowest BCUT2D eigenvalue weighted by Crippen LogP contribution is -2.29. The summed E-state index contributed by atoms with van der Waals surface area (Å²) in [4.78, 5) is 0. The lowest BCUT2D eigenvalue weighted by atomic mass is 9.83. The van der Waals surface area contributed by atoms with E-state index in [9.17, 15) is 8.78 Å². The fourth-order valence-corrected chi connectivity index (χ4v) is 0.884. The molecule has 0 spiro atoms. The van der Waals surface area contributed by atoms with Crippen LogP contribution in [0.25, 0.3) is 0 Å². The van der Waals surface area contributed by atoms with Crippen molar-refractivity contribution in [1.29, 1.82) is 0 Å². The molecular weight excluding hydrogens is 181 g/mol. The molecule has 0 aliphatic heterocycles. The highest BCUT2D eigenvalue weighted by Gasteiger charge is 2.23. The summed E-state index contributed by atoms with van der Waals surface area (Å²) in [7, 11) is -1.67. The van der Waals surface area contributed by atoms with Crippen molar-refractivity contribution in [2.24, 2.45) is 0 Å². The molecular formula is C6H9BF2N2O2. The highest BCUT2D eigenvalue weighted by atomic mass is 19.3. The van der Waals surface area contributed by atoms with E-state index >= 15 is 0 Å². The molecule has 0 saturated heterocycles. The van der Waals surface area contributed by atoms with Crippen LogP contribution in [0.15, 0.2) is 12.4 Å². The Balaban J connectivity index is 2.70. The Labute approximate surface area is 73.9 Å². The summed E-state index contributed by atoms with van der Waals surface area (Å²) >= 11 is 0. The van der Waals surface area contributed by atoms with Crippen LogP contribution in [-0.4, -0.2) is 32.9 Å². The van der Waals surface area contributed by atoms with Gasteiger partial charge in [0.25, 0.3) is 5.92 Å². The summed E-state index contributed by atoms with van der Waals surface area (Å²) in [5.74, 6) is -2.86. The van der Waals surface area contributed by atoms with Gasteiger partial charge in [-0.25, -0.2) is 8.78 Å². The third-order valence-corrected chi connectivity index (χ3v) is 1.39. The van der Waals surface area contributed by atoms with Crippen molar-refractivity contribution in [3.63, 3.8) is 0 Å². The number of hydrogen-bond acceptors (Lipinski definition) is 3. The average Bonchev–Trinajstić information content (AvgIpc) is 2.31. The molecule has 1 heterocycles. The minimum atomic E-state index is -2.86. The summed E-state index contributed by atoms with van der Waals surface area (Å²) in [5.41, 5.74) is 0.101. The lowest BCUT2D eigenvalue weighted by Gasteiger charge is -2.08. The van der Waals surface area contributed by atoms with Gasteiger partial charge in [0.1, 0.15) is 6.54 Å². The van der Waals surface area contributed by atoms with Crippen molar-refractivity contribution in [2.75, 3.05) is 0 Å². The third-order valence-electron chi connectivity index (χ3n) is 1.39. The first kappa shape index (κ1) is 10.1. The highest BCUT2D eigenvalue weighted by molar-refractivity contribution is 6.58. The normalized spacial score (nSPS) is 11.8. The second-order valence-electron chi connectivity index (χ2n) is 2.92. The summed E-state index contributed by atoms with van der Waals surface area (Å²) in [6.07, 6.45) is 2.30. The van der Waals surface area contributed by atoms with Crippen LogP contribution in [0, 0.1) is 0 Å². The number of nitrogens with zero attached hydrogens (tertiary/aromatic N) is 2. The van der Waals surface area contributed by atoms with E-state index in [1.54, 1.807) is 0 Å². The van der Waals surface area contributed by atoms with E-state index in [1.807, 2.05) is 0 Å². The summed E-state index contributed by atoms with van der Waals surface area (Å²) in [6.45, 7) is 0.198. The molecule has 7 heteroatoms. The molecule has 0 amide bonds. The van der Waals surface area contributed by atoms with E-state index in [-0.39, 0.29) is 5.46 Å². The van der Waals surface area contributed by atoms with Gasteiger partial charge >= 0.3 is 7.12 Å². The average molecular weight is 190 g/mol. The minimum Gasteiger partial charge on any atom is -0.423 e. The second-order valence-corrected chi connectivity index (χ2v) is 2.92. The maximum atomic E-state index is 12.4. The van der Waals surface area contributed by atoms with Crippen LogP contribution in [0.3, 0.4) is 0 Å². The topological polar surface area (TPSA) is 58.3 Å². The molecule has 0 radical (unpaired) electrons. The van der Waals surface area contributed by atoms with E-state index in [0.717, 1.165) is 17.8 Å². The van der Waals surface area contributed by atoms with E-state index in [2.05, 4.69) is 5.10 Å². The van der Waals surface area contributed by atoms with Gasteiger partial charge in [0, 0.05) is 24.8 Å². The predicted octanol–water partition coefficient (Wildman–Crippen LogP) is -0.782. The molecule has 0 aliphatic carbocycles. The van der Waals surface area contributed by atoms with Gasteiger partial charge < -0.3 is 10.0 Å². The Hall–Kier alpha value is -0.945. The maximum absolute atomic E-state index is 12.4. The van der Waals surface area contributed by atoms with Gasteiger partial charge in [-0.05, 0) is 0 Å². The largest absolute Gasteiger partial charge is 0.491 e. The first-order valence-electron chi connectivity index (χ1n) is 3.65. The van der Waals surface area contributed by atoms with Crippen LogP contribution in [0.4, 0.5) is 8.78 Å². The van der Waals surface area contributed by atoms with E-state index in [0.29, 0.717) is 0 Å². The maximum Gasteiger partial charge on any atom is 0.491 e. The van der Waals surface area contributed by atoms with Crippen molar-refractivity contribution < 1.29 is 18.8 Å². The van der Waals surface area contributed by atoms with Gasteiger partial charge in [0.05, 0.1) is 0 Å². The van der Waals surface area contributed by atoms with E-state index in [4.69, 9.17) is 10.0 Å². The summed E-state index contributed by atoms with van der Waals surface area (Å²) in [6, 6.07) is 0. The highest BCUT2D eigenvalue weighted by Crippen LogP contribution is 2.13. The second kappa shape index (κ2) is 3.43. The molecule has 1 rings (SSSR count). The van der Waals surface area contributed by atoms with E-state index < -0.39 is 19.6 Å². The van der Waals surface area contributed by atoms with Crippen molar-refractivity contribution in [2.45, 2.75) is 19.4 Å². The van der Waals surface area contributed by atoms with Gasteiger partial charge in [-0.1, -0.05) is 0 Å². The predicted molar refractivity (Wildman–Crippen MR) is 42.7 cm³/mol. The van der Waals surface area contributed by atoms with Crippen LogP contribution in [0.5, 0.6) is 0 Å². The van der Waals surface area contributed by atoms with Crippen molar-refractivity contribution in [1.82, 2.24) is 9.78 Å². The molecule has 0 bridgehead atoms. The number of hydrogen-bond donors (Lipinski definition) is 2. The zero-order valence-corrected chi connectivity index (χ0v) is 6.98. The molecule has 4 nitrogen and oxygen atoms in total. The standard InChI is InChI=1S/C6H9BF2N2O2/c1-6(8,9)4-11-3-5(2-10-11)7(12)13/h2-3,12-13H,4H2,1H3. The molecule has 0 saturated carbocycles. The fraction of sp³-hybridized carbons (Fsp3) is 0.500. The SMILES string of the molecule is CC(F)(F)Cn1cc(B(O)O)cn1. The molecule has 72 valence electrons. The zero-order valence-electron chi connectivity index (χ0n) is 6.98. The first-order valence-corrected chi connectivity index (χ1v) is 3.65. The van der Waals surface area contributed by atoms with Crippen LogP contribution in [0.2, 0.25) is 0 Å². The molecule has 0 atom stereocenters. The van der Waals surface area contributed by atoms with Crippen molar-refractivity contribution in [3.05, 3.63) is 12.4 Å². The third kappa shape index (κ3) is 3.12. The first-order chi connectivity index (χ1) is 5.88. The van der Waals surface area contributed by atoms with Gasteiger partial charge in [0.15, 0.2) is 0 Å². The number of halogens is 2. The molecule has 1 aromatic rings. The number of aromatic nitrogens is 2. The molecule has 0 fully saturated rings. The Morgan fingerprint density at radius 1 is 1.62 bits per heavy atom. The monoisotopic (exact) mass is 190 g/mol. The molecule has 0 aromatic carbocycles. The molecule has 0 aliphatic rings. The molecule has 0 unspecified atom stereocenters. The summed E-state index contributed by atoms with van der Waals surface area (Å²) in [5, 5.41) is 20.8. The molecule has 1 aromatic heterocycles. The summed E-state index contributed by atoms with van der Waals surface area (Å²) < 4.78 is 25.8. The fourth-order valence-electron chi connectivity index (χ4n) is 0.884. The van der Waals surface area contributed by atoms with Crippen LogP contribution < -0.4 is 5.46 Å². The van der Waals surface area contributed by atoms with E-state index in [1.165, 1.54) is 6.20 Å². The number of rotatable bonds is 3. The Morgan fingerprint density at radius 3 is 2.62 bits per heavy atom. The molecule has 13 heavy (non-hydrogen) atoms. The Morgan fingerprint density at radius 2 is 2.23 bits per heavy atom. The van der Waals surface area contributed by atoms with Gasteiger partial charge in [-0.2, -0.15) is 5.10 Å². The number of alkyl halides is 2. The minimum absolute atomic E-state index is 0.101. The Bertz CT molecular complexity index is 284.